The molecule has 0 radical (unpaired) electrons. The lowest BCUT2D eigenvalue weighted by Crippen LogP contribution is -2.07. The number of H-pyrrole nitrogens is 1. The molecule has 0 fully saturated rings. The summed E-state index contributed by atoms with van der Waals surface area (Å²) in [5.41, 5.74) is 6.55. The predicted molar refractivity (Wildman–Crippen MR) is 95.2 cm³/mol. The molecule has 25 heavy (non-hydrogen) atoms. The fraction of sp³-hybridized carbons (Fsp3) is 0.294. The first-order valence-corrected chi connectivity index (χ1v) is 7.76. The molecular formula is C17H20N4O4. The number of aromatic nitrogens is 1. The molecule has 8 heteroatoms. The van der Waals surface area contributed by atoms with Crippen molar-refractivity contribution in [2.45, 2.75) is 27.7 Å². The Kier molecular flexibility index (Phi) is 5.53. The van der Waals surface area contributed by atoms with Gasteiger partial charge in [-0.15, -0.1) is 0 Å². The van der Waals surface area contributed by atoms with Crippen LogP contribution in [0.3, 0.4) is 0 Å². The lowest BCUT2D eigenvalue weighted by atomic mass is 10.1. The van der Waals surface area contributed by atoms with Crippen LogP contribution in [0.5, 0.6) is 0 Å². The first-order chi connectivity index (χ1) is 11.8. The summed E-state index contributed by atoms with van der Waals surface area (Å²) in [7, 11) is 0. The number of hydrogen-bond acceptors (Lipinski definition) is 6. The van der Waals surface area contributed by atoms with E-state index in [-0.39, 0.29) is 11.7 Å². The van der Waals surface area contributed by atoms with E-state index in [0.29, 0.717) is 35.0 Å². The molecule has 1 aromatic heterocycles. The molecule has 0 atom stereocenters. The normalized spacial score (nSPS) is 11.3. The maximum atomic E-state index is 12.0. The van der Waals surface area contributed by atoms with Crippen LogP contribution < -0.4 is 5.43 Å². The first-order valence-electron chi connectivity index (χ1n) is 7.76. The number of non-ortho nitro benzene ring substituents is 1. The molecule has 1 aromatic carbocycles. The summed E-state index contributed by atoms with van der Waals surface area (Å²) in [4.78, 5) is 25.5. The second-order valence-electron chi connectivity index (χ2n) is 5.46. The lowest BCUT2D eigenvalue weighted by molar-refractivity contribution is -0.384. The van der Waals surface area contributed by atoms with Gasteiger partial charge in [-0.3, -0.25) is 15.5 Å². The number of nitrogens with one attached hydrogen (secondary N) is 2. The minimum Gasteiger partial charge on any atom is -0.462 e. The van der Waals surface area contributed by atoms with E-state index in [2.05, 4.69) is 15.5 Å². The van der Waals surface area contributed by atoms with Crippen LogP contribution in [0.25, 0.3) is 0 Å². The van der Waals surface area contributed by atoms with Gasteiger partial charge in [-0.25, -0.2) is 4.79 Å². The summed E-state index contributed by atoms with van der Waals surface area (Å²) < 4.78 is 5.07. The van der Waals surface area contributed by atoms with Crippen LogP contribution in [0.15, 0.2) is 29.4 Å². The molecule has 2 aromatic rings. The maximum absolute atomic E-state index is 12.0. The minimum absolute atomic E-state index is 0.0191. The Balaban J connectivity index is 2.26. The quantitative estimate of drug-likeness (QED) is 0.360. The zero-order valence-electron chi connectivity index (χ0n) is 14.5. The summed E-state index contributed by atoms with van der Waals surface area (Å²) in [5, 5.41) is 15.1. The summed E-state index contributed by atoms with van der Waals surface area (Å²) >= 11 is 0. The van der Waals surface area contributed by atoms with Crippen molar-refractivity contribution in [3.63, 3.8) is 0 Å². The highest BCUT2D eigenvalue weighted by atomic mass is 16.6. The van der Waals surface area contributed by atoms with Gasteiger partial charge in [-0.05, 0) is 39.3 Å². The number of anilines is 1. The van der Waals surface area contributed by atoms with E-state index in [0.717, 1.165) is 5.56 Å². The summed E-state index contributed by atoms with van der Waals surface area (Å²) in [5.74, 6) is -0.376. The molecular weight excluding hydrogens is 324 g/mol. The molecule has 0 spiro atoms. The maximum Gasteiger partial charge on any atom is 0.340 e. The molecule has 0 unspecified atom stereocenters. The number of nitrogens with zero attached hydrogens (tertiary/aromatic N) is 2. The van der Waals surface area contributed by atoms with E-state index in [1.165, 1.54) is 12.1 Å². The molecule has 0 aliphatic carbocycles. The Labute approximate surface area is 145 Å². The van der Waals surface area contributed by atoms with Crippen LogP contribution in [0.1, 0.15) is 41.2 Å². The molecule has 0 aliphatic heterocycles. The fourth-order valence-electron chi connectivity index (χ4n) is 2.51. The molecule has 0 saturated heterocycles. The van der Waals surface area contributed by atoms with Crippen molar-refractivity contribution in [3.8, 4) is 0 Å². The number of hydrogen-bond donors (Lipinski definition) is 2. The van der Waals surface area contributed by atoms with Gasteiger partial charge in [-0.2, -0.15) is 5.10 Å². The number of carbonyl (C=O) groups is 1. The zero-order chi connectivity index (χ0) is 18.6. The zero-order valence-corrected chi connectivity index (χ0v) is 14.5. The van der Waals surface area contributed by atoms with Crippen LogP contribution in [0, 0.1) is 24.0 Å². The third-order valence-corrected chi connectivity index (χ3v) is 3.69. The van der Waals surface area contributed by atoms with Crippen LogP contribution in [0.2, 0.25) is 0 Å². The van der Waals surface area contributed by atoms with Gasteiger partial charge in [-0.1, -0.05) is 6.07 Å². The van der Waals surface area contributed by atoms with Gasteiger partial charge in [0.1, 0.15) is 0 Å². The first kappa shape index (κ1) is 18.2. The monoisotopic (exact) mass is 344 g/mol. The van der Waals surface area contributed by atoms with Crippen molar-refractivity contribution < 1.29 is 14.5 Å². The van der Waals surface area contributed by atoms with Gasteiger partial charge < -0.3 is 9.72 Å². The fourth-order valence-corrected chi connectivity index (χ4v) is 2.51. The Hall–Kier alpha value is -3.16. The molecule has 2 rings (SSSR count). The van der Waals surface area contributed by atoms with Gasteiger partial charge in [0.2, 0.25) is 0 Å². The summed E-state index contributed by atoms with van der Waals surface area (Å²) in [6.07, 6.45) is 0. The van der Waals surface area contributed by atoms with Crippen molar-refractivity contribution in [1.29, 1.82) is 0 Å². The van der Waals surface area contributed by atoms with E-state index in [1.54, 1.807) is 32.9 Å². The van der Waals surface area contributed by atoms with Crippen molar-refractivity contribution in [1.82, 2.24) is 4.98 Å². The number of esters is 1. The third-order valence-electron chi connectivity index (χ3n) is 3.69. The minimum atomic E-state index is -0.466. The number of aromatic amines is 1. The van der Waals surface area contributed by atoms with E-state index in [9.17, 15) is 14.9 Å². The van der Waals surface area contributed by atoms with E-state index in [4.69, 9.17) is 4.74 Å². The number of ether oxygens (including phenoxy) is 1. The molecule has 0 amide bonds. The number of nitro benzene ring substituents is 1. The van der Waals surface area contributed by atoms with E-state index in [1.807, 2.05) is 6.92 Å². The van der Waals surface area contributed by atoms with Gasteiger partial charge in [0.15, 0.2) is 0 Å². The average Bonchev–Trinajstić information content (AvgIpc) is 2.87. The molecule has 1 heterocycles. The largest absolute Gasteiger partial charge is 0.462 e. The smallest absolute Gasteiger partial charge is 0.340 e. The van der Waals surface area contributed by atoms with Crippen molar-refractivity contribution >= 4 is 23.1 Å². The van der Waals surface area contributed by atoms with E-state index < -0.39 is 4.92 Å². The SMILES string of the molecule is CCOC(=O)c1c(C)[nH]c(/C(C)=N/Nc2cccc([N+](=O)[O-])c2)c1C. The number of aryl methyl sites for hydroxylation is 1. The number of benzene rings is 1. The number of nitro groups is 1. The second-order valence-corrected chi connectivity index (χ2v) is 5.46. The number of hydrazone groups is 1. The standard InChI is InChI=1S/C17H20N4O4/c1-5-25-17(22)15-10(2)16(18-11(15)3)12(4)19-20-13-7-6-8-14(9-13)21(23)24/h6-9,18,20H,5H2,1-4H3/b19-12+. The molecule has 0 bridgehead atoms. The van der Waals surface area contributed by atoms with Crippen LogP contribution >= 0.6 is 0 Å². The van der Waals surface area contributed by atoms with Crippen molar-refractivity contribution in [3.05, 3.63) is 56.9 Å². The molecule has 0 aliphatic rings. The molecule has 2 N–H and O–H groups in total. The van der Waals surface area contributed by atoms with Crippen LogP contribution in [-0.2, 0) is 4.74 Å². The lowest BCUT2D eigenvalue weighted by Gasteiger charge is -2.04. The third kappa shape index (κ3) is 4.03. The average molecular weight is 344 g/mol. The highest BCUT2D eigenvalue weighted by Gasteiger charge is 2.20. The Morgan fingerprint density at radius 3 is 2.76 bits per heavy atom. The Bertz CT molecular complexity index is 839. The topological polar surface area (TPSA) is 110 Å². The number of carbonyl (C=O) groups excluding carboxylic acids is 1. The summed E-state index contributed by atoms with van der Waals surface area (Å²) in [6, 6.07) is 6.06. The number of rotatable bonds is 6. The Morgan fingerprint density at radius 2 is 2.12 bits per heavy atom. The summed E-state index contributed by atoms with van der Waals surface area (Å²) in [6.45, 7) is 7.45. The van der Waals surface area contributed by atoms with Crippen LogP contribution in [0.4, 0.5) is 11.4 Å². The Morgan fingerprint density at radius 1 is 1.40 bits per heavy atom. The van der Waals surface area contributed by atoms with E-state index >= 15 is 0 Å². The van der Waals surface area contributed by atoms with Gasteiger partial charge in [0.05, 0.1) is 34.2 Å². The molecule has 8 nitrogen and oxygen atoms in total. The predicted octanol–water partition coefficient (Wildman–Crippen LogP) is 3.55. The van der Waals surface area contributed by atoms with Crippen LogP contribution in [-0.4, -0.2) is 28.2 Å². The van der Waals surface area contributed by atoms with Gasteiger partial charge in [0.25, 0.3) is 5.69 Å². The van der Waals surface area contributed by atoms with Crippen molar-refractivity contribution in [2.75, 3.05) is 12.0 Å². The molecule has 132 valence electrons. The highest BCUT2D eigenvalue weighted by molar-refractivity contribution is 6.03. The van der Waals surface area contributed by atoms with Crippen molar-refractivity contribution in [2.24, 2.45) is 5.10 Å². The van der Waals surface area contributed by atoms with Gasteiger partial charge >= 0.3 is 5.97 Å². The van der Waals surface area contributed by atoms with Gasteiger partial charge in [0, 0.05) is 17.8 Å². The molecule has 0 saturated carbocycles. The highest BCUT2D eigenvalue weighted by Crippen LogP contribution is 2.21. The second kappa shape index (κ2) is 7.61.